The van der Waals surface area contributed by atoms with Crippen LogP contribution in [0.1, 0.15) is 5.56 Å². The zero-order valence-corrected chi connectivity index (χ0v) is 11.3. The molecule has 0 amide bonds. The topological polar surface area (TPSA) is 46.6 Å². The Morgan fingerprint density at radius 3 is 2.84 bits per heavy atom. The van der Waals surface area contributed by atoms with Crippen LogP contribution < -0.4 is 15.0 Å². The Bertz CT molecular complexity index is 441. The molecule has 106 valence electrons. The minimum absolute atomic E-state index is 0. The Labute approximate surface area is 117 Å². The lowest BCUT2D eigenvalue weighted by Gasteiger charge is -2.28. The van der Waals surface area contributed by atoms with Crippen LogP contribution in [0.5, 0.6) is 5.88 Å². The number of morpholine rings is 1. The highest BCUT2D eigenvalue weighted by molar-refractivity contribution is 5.85. The van der Waals surface area contributed by atoms with E-state index in [1.807, 2.05) is 4.90 Å². The molecule has 1 fully saturated rings. The predicted molar refractivity (Wildman–Crippen MR) is 71.7 cm³/mol. The third-order valence-corrected chi connectivity index (χ3v) is 3.14. The first-order chi connectivity index (χ1) is 8.84. The molecular formula is C12H17ClFN3O2. The number of ether oxygens (including phenoxy) is 2. The molecule has 0 aliphatic carbocycles. The van der Waals surface area contributed by atoms with Gasteiger partial charge in [-0.2, -0.15) is 4.98 Å². The van der Waals surface area contributed by atoms with Gasteiger partial charge in [-0.3, -0.25) is 0 Å². The fourth-order valence-corrected chi connectivity index (χ4v) is 2.19. The van der Waals surface area contributed by atoms with Gasteiger partial charge in [0.05, 0.1) is 13.2 Å². The molecule has 0 saturated carbocycles. The lowest BCUT2D eigenvalue weighted by molar-refractivity contribution is 0.122. The number of nitrogens with one attached hydrogen (secondary N) is 1. The number of fused-ring (bicyclic) bond motifs is 1. The van der Waals surface area contributed by atoms with Crippen LogP contribution in [-0.2, 0) is 11.3 Å². The number of anilines is 1. The number of hydrogen-bond donors (Lipinski definition) is 1. The molecule has 7 heteroatoms. The highest BCUT2D eigenvalue weighted by Crippen LogP contribution is 2.26. The molecule has 3 rings (SSSR count). The van der Waals surface area contributed by atoms with Crippen molar-refractivity contribution in [1.82, 2.24) is 10.3 Å². The zero-order valence-electron chi connectivity index (χ0n) is 10.5. The summed E-state index contributed by atoms with van der Waals surface area (Å²) in [6.45, 7) is 4.48. The van der Waals surface area contributed by atoms with Crippen molar-refractivity contribution in [2.24, 2.45) is 0 Å². The first kappa shape index (κ1) is 14.3. The number of aromatic nitrogens is 1. The Kier molecular flexibility index (Phi) is 4.79. The van der Waals surface area contributed by atoms with Gasteiger partial charge in [0.1, 0.15) is 6.61 Å². The molecule has 1 aromatic rings. The Balaban J connectivity index is 0.00000133. The van der Waals surface area contributed by atoms with E-state index in [0.29, 0.717) is 51.2 Å². The smallest absolute Gasteiger partial charge is 0.220 e. The number of nitrogens with zero attached hydrogens (tertiary/aromatic N) is 2. The zero-order chi connectivity index (χ0) is 12.4. The number of pyridine rings is 1. The van der Waals surface area contributed by atoms with E-state index in [1.54, 1.807) is 0 Å². The molecule has 0 unspecified atom stereocenters. The first-order valence-electron chi connectivity index (χ1n) is 6.20. The third-order valence-electron chi connectivity index (χ3n) is 3.14. The van der Waals surface area contributed by atoms with Crippen LogP contribution >= 0.6 is 12.4 Å². The van der Waals surface area contributed by atoms with Crippen LogP contribution in [0.15, 0.2) is 6.07 Å². The molecule has 1 saturated heterocycles. The molecule has 0 spiro atoms. The van der Waals surface area contributed by atoms with Gasteiger partial charge in [-0.1, -0.05) is 0 Å². The summed E-state index contributed by atoms with van der Waals surface area (Å²) in [5.41, 5.74) is 0.780. The van der Waals surface area contributed by atoms with Gasteiger partial charge in [-0.05, 0) is 6.07 Å². The third kappa shape index (κ3) is 3.08. The van der Waals surface area contributed by atoms with Crippen molar-refractivity contribution in [1.29, 1.82) is 0 Å². The molecule has 0 bridgehead atoms. The molecule has 1 aromatic heterocycles. The van der Waals surface area contributed by atoms with E-state index in [4.69, 9.17) is 9.47 Å². The summed E-state index contributed by atoms with van der Waals surface area (Å²) in [6, 6.07) is 1.52. The Hall–Kier alpha value is -1.11. The van der Waals surface area contributed by atoms with Crippen molar-refractivity contribution in [2.45, 2.75) is 6.54 Å². The van der Waals surface area contributed by atoms with Crippen molar-refractivity contribution in [3.63, 3.8) is 0 Å². The molecule has 19 heavy (non-hydrogen) atoms. The molecule has 2 aliphatic rings. The minimum Gasteiger partial charge on any atom is -0.476 e. The Morgan fingerprint density at radius 2 is 2.05 bits per heavy atom. The monoisotopic (exact) mass is 289 g/mol. The molecule has 0 radical (unpaired) electrons. The van der Waals surface area contributed by atoms with Gasteiger partial charge >= 0.3 is 0 Å². The lowest BCUT2D eigenvalue weighted by atomic mass is 10.2. The van der Waals surface area contributed by atoms with Crippen molar-refractivity contribution in [2.75, 3.05) is 44.4 Å². The highest BCUT2D eigenvalue weighted by Gasteiger charge is 2.20. The molecular weight excluding hydrogens is 273 g/mol. The van der Waals surface area contributed by atoms with Gasteiger partial charge in [0.25, 0.3) is 0 Å². The van der Waals surface area contributed by atoms with E-state index in [-0.39, 0.29) is 18.2 Å². The number of rotatable bonds is 1. The molecule has 1 N–H and O–H groups in total. The van der Waals surface area contributed by atoms with Gasteiger partial charge in [0.15, 0.2) is 11.6 Å². The number of hydrogen-bond acceptors (Lipinski definition) is 5. The summed E-state index contributed by atoms with van der Waals surface area (Å²) >= 11 is 0. The fourth-order valence-electron chi connectivity index (χ4n) is 2.19. The lowest BCUT2D eigenvalue weighted by Crippen LogP contribution is -2.37. The second kappa shape index (κ2) is 6.36. The number of halogens is 2. The largest absolute Gasteiger partial charge is 0.476 e. The van der Waals surface area contributed by atoms with Crippen LogP contribution in [0.2, 0.25) is 0 Å². The summed E-state index contributed by atoms with van der Waals surface area (Å²) in [4.78, 5) is 6.23. The minimum atomic E-state index is -0.289. The second-order valence-corrected chi connectivity index (χ2v) is 4.38. The summed E-state index contributed by atoms with van der Waals surface area (Å²) in [5, 5.41) is 3.16. The van der Waals surface area contributed by atoms with Gasteiger partial charge in [-0.25, -0.2) is 4.39 Å². The Morgan fingerprint density at radius 1 is 1.26 bits per heavy atom. The normalized spacial score (nSPS) is 18.9. The van der Waals surface area contributed by atoms with Gasteiger partial charge in [0.2, 0.25) is 5.88 Å². The van der Waals surface area contributed by atoms with Crippen LogP contribution in [0, 0.1) is 5.82 Å². The predicted octanol–water partition coefficient (Wildman–Crippen LogP) is 0.961. The van der Waals surface area contributed by atoms with E-state index < -0.39 is 0 Å². The van der Waals surface area contributed by atoms with Crippen molar-refractivity contribution < 1.29 is 13.9 Å². The van der Waals surface area contributed by atoms with Gasteiger partial charge < -0.3 is 19.7 Å². The van der Waals surface area contributed by atoms with E-state index in [9.17, 15) is 4.39 Å². The van der Waals surface area contributed by atoms with Crippen LogP contribution in [0.3, 0.4) is 0 Å². The van der Waals surface area contributed by atoms with Crippen LogP contribution in [-0.4, -0.2) is 44.4 Å². The van der Waals surface area contributed by atoms with E-state index in [0.717, 1.165) is 12.1 Å². The van der Waals surface area contributed by atoms with Crippen LogP contribution in [0.25, 0.3) is 0 Å². The maximum atomic E-state index is 14.1. The molecule has 5 nitrogen and oxygen atoms in total. The quantitative estimate of drug-likeness (QED) is 0.834. The fraction of sp³-hybridized carbons (Fsp3) is 0.583. The highest BCUT2D eigenvalue weighted by atomic mass is 35.5. The van der Waals surface area contributed by atoms with Gasteiger partial charge in [-0.15, -0.1) is 12.4 Å². The molecule has 2 aliphatic heterocycles. The van der Waals surface area contributed by atoms with E-state index in [2.05, 4.69) is 10.3 Å². The summed E-state index contributed by atoms with van der Waals surface area (Å²) in [6.07, 6.45) is 0. The van der Waals surface area contributed by atoms with E-state index >= 15 is 0 Å². The second-order valence-electron chi connectivity index (χ2n) is 4.38. The standard InChI is InChI=1S/C12H16FN3O2.ClH/c13-10-7-9-8-14-1-4-18-12(9)15-11(10)16-2-5-17-6-3-16;/h7,14H,1-6,8H2;1H. The molecule has 0 aromatic carbocycles. The summed E-state index contributed by atoms with van der Waals surface area (Å²) < 4.78 is 24.9. The van der Waals surface area contributed by atoms with Crippen LogP contribution in [0.4, 0.5) is 10.2 Å². The maximum absolute atomic E-state index is 14.1. The maximum Gasteiger partial charge on any atom is 0.220 e. The SMILES string of the molecule is Cl.Fc1cc2c(nc1N1CCOCC1)OCCNC2. The molecule has 3 heterocycles. The average Bonchev–Trinajstić information content (AvgIpc) is 2.63. The summed E-state index contributed by atoms with van der Waals surface area (Å²) in [7, 11) is 0. The van der Waals surface area contributed by atoms with Crippen molar-refractivity contribution in [3.8, 4) is 5.88 Å². The van der Waals surface area contributed by atoms with Gasteiger partial charge in [0, 0.05) is 31.7 Å². The average molecular weight is 290 g/mol. The van der Waals surface area contributed by atoms with Crippen molar-refractivity contribution >= 4 is 18.2 Å². The summed E-state index contributed by atoms with van der Waals surface area (Å²) in [5.74, 6) is 0.629. The molecule has 0 atom stereocenters. The van der Waals surface area contributed by atoms with Crippen molar-refractivity contribution in [3.05, 3.63) is 17.4 Å². The van der Waals surface area contributed by atoms with E-state index in [1.165, 1.54) is 6.07 Å². The first-order valence-corrected chi connectivity index (χ1v) is 6.20.